The SMILES string of the molecule is C=CCC1[C@@H]([Sn]([CH2]CCC)([CH2]CCC)[CH2]CCC)[C@]1(C)c1ccccc1. The van der Waals surface area contributed by atoms with E-state index in [-0.39, 0.29) is 0 Å². The van der Waals surface area contributed by atoms with Crippen LogP contribution in [0.5, 0.6) is 0 Å². The molecule has 0 radical (unpaired) electrons. The van der Waals surface area contributed by atoms with Gasteiger partial charge in [0.25, 0.3) is 0 Å². The van der Waals surface area contributed by atoms with Crippen LogP contribution in [0.25, 0.3) is 0 Å². The third kappa shape index (κ3) is 4.59. The van der Waals surface area contributed by atoms with Crippen LogP contribution in [0.3, 0.4) is 0 Å². The van der Waals surface area contributed by atoms with Crippen molar-refractivity contribution in [3.05, 3.63) is 48.6 Å². The molecule has 0 amide bonds. The zero-order chi connectivity index (χ0) is 19.0. The molecule has 0 aromatic heterocycles. The van der Waals surface area contributed by atoms with Crippen molar-refractivity contribution < 1.29 is 0 Å². The van der Waals surface area contributed by atoms with E-state index in [1.54, 1.807) is 18.9 Å². The van der Waals surface area contributed by atoms with Gasteiger partial charge in [-0.3, -0.25) is 0 Å². The summed E-state index contributed by atoms with van der Waals surface area (Å²) in [4.78, 5) is 0. The summed E-state index contributed by atoms with van der Waals surface area (Å²) < 4.78 is 5.92. The quantitative estimate of drug-likeness (QED) is 0.205. The third-order valence-corrected chi connectivity index (χ3v) is 25.4. The molecule has 1 aliphatic rings. The van der Waals surface area contributed by atoms with Gasteiger partial charge in [-0.05, 0) is 0 Å². The fraction of sp³-hybridized carbons (Fsp3) is 0.680. The average Bonchev–Trinajstić information content (AvgIpc) is 3.28. The van der Waals surface area contributed by atoms with Crippen molar-refractivity contribution in [2.45, 2.75) is 95.3 Å². The van der Waals surface area contributed by atoms with Crippen molar-refractivity contribution >= 4 is 18.4 Å². The van der Waals surface area contributed by atoms with Crippen LogP contribution in [-0.4, -0.2) is 18.4 Å². The minimum atomic E-state index is -2.22. The molecule has 1 unspecified atom stereocenters. The molecule has 1 saturated carbocycles. The number of hydrogen-bond acceptors (Lipinski definition) is 0. The molecule has 0 aliphatic heterocycles. The van der Waals surface area contributed by atoms with Gasteiger partial charge >= 0.3 is 168 Å². The fourth-order valence-electron chi connectivity index (χ4n) is 5.84. The van der Waals surface area contributed by atoms with Gasteiger partial charge in [0.05, 0.1) is 0 Å². The van der Waals surface area contributed by atoms with E-state index in [1.165, 1.54) is 44.9 Å². The Bertz CT molecular complexity index is 513. The topological polar surface area (TPSA) is 0 Å². The number of hydrogen-bond donors (Lipinski definition) is 0. The molecule has 0 bridgehead atoms. The van der Waals surface area contributed by atoms with Crippen molar-refractivity contribution in [1.82, 2.24) is 0 Å². The molecule has 1 aliphatic carbocycles. The molecule has 0 saturated heterocycles. The molecule has 1 aromatic rings. The van der Waals surface area contributed by atoms with Gasteiger partial charge in [-0.15, -0.1) is 0 Å². The summed E-state index contributed by atoms with van der Waals surface area (Å²) in [7, 11) is 0. The first kappa shape index (κ1) is 22.1. The Morgan fingerprint density at radius 2 is 1.42 bits per heavy atom. The predicted molar refractivity (Wildman–Crippen MR) is 121 cm³/mol. The molecule has 1 aromatic carbocycles. The molecule has 146 valence electrons. The second kappa shape index (κ2) is 10.3. The first-order valence-electron chi connectivity index (χ1n) is 11.3. The Balaban J connectivity index is 2.40. The molecule has 26 heavy (non-hydrogen) atoms. The maximum atomic E-state index is 4.13. The van der Waals surface area contributed by atoms with Crippen LogP contribution in [0, 0.1) is 5.92 Å². The molecule has 2 rings (SSSR count). The molecular formula is C25H42Sn. The molecule has 0 N–H and O–H groups in total. The van der Waals surface area contributed by atoms with Crippen LogP contribution in [0.4, 0.5) is 0 Å². The van der Waals surface area contributed by atoms with Crippen LogP contribution in [-0.2, 0) is 5.41 Å². The van der Waals surface area contributed by atoms with Crippen LogP contribution in [0.1, 0.15) is 78.2 Å². The summed E-state index contributed by atoms with van der Waals surface area (Å²) in [5.41, 5.74) is 2.04. The molecule has 0 spiro atoms. The summed E-state index contributed by atoms with van der Waals surface area (Å²) >= 11 is -2.22. The van der Waals surface area contributed by atoms with Gasteiger partial charge in [0.1, 0.15) is 0 Å². The molecule has 1 fully saturated rings. The molecule has 1 heteroatoms. The Kier molecular flexibility index (Phi) is 8.77. The summed E-state index contributed by atoms with van der Waals surface area (Å²) in [6.07, 6.45) is 12.0. The van der Waals surface area contributed by atoms with Crippen LogP contribution in [0.2, 0.25) is 17.2 Å². The van der Waals surface area contributed by atoms with E-state index in [0.29, 0.717) is 5.41 Å². The van der Waals surface area contributed by atoms with E-state index >= 15 is 0 Å². The summed E-state index contributed by atoms with van der Waals surface area (Å²) in [6, 6.07) is 11.5. The Morgan fingerprint density at radius 3 is 1.85 bits per heavy atom. The van der Waals surface area contributed by atoms with Crippen molar-refractivity contribution in [2.24, 2.45) is 5.92 Å². The second-order valence-electron chi connectivity index (χ2n) is 8.93. The van der Waals surface area contributed by atoms with Crippen LogP contribution < -0.4 is 0 Å². The van der Waals surface area contributed by atoms with E-state index in [4.69, 9.17) is 0 Å². The Labute approximate surface area is 167 Å². The summed E-state index contributed by atoms with van der Waals surface area (Å²) in [5, 5.41) is 0. The predicted octanol–water partition coefficient (Wildman–Crippen LogP) is 8.37. The number of allylic oxidation sites excluding steroid dienone is 1. The first-order chi connectivity index (χ1) is 12.6. The zero-order valence-electron chi connectivity index (χ0n) is 17.9. The van der Waals surface area contributed by atoms with E-state index in [9.17, 15) is 0 Å². The average molecular weight is 461 g/mol. The Hall–Kier alpha value is -0.241. The van der Waals surface area contributed by atoms with Gasteiger partial charge in [-0.25, -0.2) is 0 Å². The van der Waals surface area contributed by atoms with Crippen molar-refractivity contribution in [2.75, 3.05) is 0 Å². The number of unbranched alkanes of at least 4 members (excludes halogenated alkanes) is 3. The van der Waals surface area contributed by atoms with E-state index in [2.05, 4.69) is 70.7 Å². The molecule has 0 heterocycles. The van der Waals surface area contributed by atoms with Crippen LogP contribution in [0.15, 0.2) is 43.0 Å². The van der Waals surface area contributed by atoms with Gasteiger partial charge in [-0.2, -0.15) is 0 Å². The van der Waals surface area contributed by atoms with Crippen molar-refractivity contribution in [3.63, 3.8) is 0 Å². The summed E-state index contributed by atoms with van der Waals surface area (Å²) in [5.74, 6) is 0.865. The van der Waals surface area contributed by atoms with Crippen LogP contribution >= 0.6 is 0 Å². The minimum absolute atomic E-state index is 0.431. The van der Waals surface area contributed by atoms with E-state index in [1.807, 2.05) is 0 Å². The van der Waals surface area contributed by atoms with E-state index < -0.39 is 18.4 Å². The molecular weight excluding hydrogens is 419 g/mol. The number of benzene rings is 1. The molecule has 3 atom stereocenters. The third-order valence-electron chi connectivity index (χ3n) is 7.27. The standard InChI is InChI=1S/C13H15.3C4H9.Sn/c1-3-7-12-10-13(12,2)11-8-5-4-6-9-11;3*1-3-4-2;/h3-6,8-10,12H,1,7H2,2H3;3*1,3-4H2,2H3;/t12?,13-;;;;/m1..../s1. The zero-order valence-corrected chi connectivity index (χ0v) is 20.8. The second-order valence-corrected chi connectivity index (χ2v) is 22.8. The fourth-order valence-corrected chi connectivity index (χ4v) is 28.0. The monoisotopic (exact) mass is 462 g/mol. The van der Waals surface area contributed by atoms with Crippen molar-refractivity contribution in [1.29, 1.82) is 0 Å². The van der Waals surface area contributed by atoms with Crippen molar-refractivity contribution in [3.8, 4) is 0 Å². The summed E-state index contributed by atoms with van der Waals surface area (Å²) in [6.45, 7) is 13.9. The first-order valence-corrected chi connectivity index (χ1v) is 19.0. The van der Waals surface area contributed by atoms with Gasteiger partial charge in [0, 0.05) is 0 Å². The maximum absolute atomic E-state index is 4.13. The normalized spacial score (nSPS) is 25.2. The Morgan fingerprint density at radius 1 is 0.923 bits per heavy atom. The molecule has 0 nitrogen and oxygen atoms in total. The number of rotatable bonds is 13. The van der Waals surface area contributed by atoms with Gasteiger partial charge in [0.15, 0.2) is 0 Å². The van der Waals surface area contributed by atoms with Gasteiger partial charge in [-0.1, -0.05) is 0 Å². The van der Waals surface area contributed by atoms with Gasteiger partial charge in [0.2, 0.25) is 0 Å². The van der Waals surface area contributed by atoms with E-state index in [0.717, 1.165) is 9.85 Å². The van der Waals surface area contributed by atoms with Gasteiger partial charge < -0.3 is 0 Å².